The van der Waals surface area contributed by atoms with Crippen LogP contribution >= 0.6 is 0 Å². The average Bonchev–Trinajstić information content (AvgIpc) is 3.26. The molecule has 180 valence electrons. The molecule has 32 heavy (non-hydrogen) atoms. The second-order valence-corrected chi connectivity index (χ2v) is 9.70. The normalized spacial score (nSPS) is 21.7. The van der Waals surface area contributed by atoms with Crippen LogP contribution in [0.15, 0.2) is 23.3 Å². The van der Waals surface area contributed by atoms with Crippen molar-refractivity contribution in [3.8, 4) is 5.88 Å². The van der Waals surface area contributed by atoms with Gasteiger partial charge in [-0.3, -0.25) is 0 Å². The van der Waals surface area contributed by atoms with Gasteiger partial charge in [0.25, 0.3) is 0 Å². The quantitative estimate of drug-likeness (QED) is 0.425. The summed E-state index contributed by atoms with van der Waals surface area (Å²) in [7, 11) is 0. The number of hydrogen-bond donors (Lipinski definition) is 2. The first kappa shape index (κ1) is 24.8. The summed E-state index contributed by atoms with van der Waals surface area (Å²) in [5.74, 6) is 2.91. The van der Waals surface area contributed by atoms with E-state index in [0.717, 1.165) is 69.6 Å². The van der Waals surface area contributed by atoms with Gasteiger partial charge < -0.3 is 25.0 Å². The van der Waals surface area contributed by atoms with E-state index in [2.05, 4.69) is 48.2 Å². The van der Waals surface area contributed by atoms with Crippen LogP contribution in [0.1, 0.15) is 58.9 Å². The number of nitrogens with one attached hydrogen (secondary N) is 2. The van der Waals surface area contributed by atoms with Crippen LogP contribution in [-0.4, -0.2) is 67.4 Å². The first-order valence-electron chi connectivity index (χ1n) is 12.5. The van der Waals surface area contributed by atoms with Crippen LogP contribution in [0.3, 0.4) is 0 Å². The first-order chi connectivity index (χ1) is 15.5. The Hall–Kier alpha value is -1.86. The molecule has 2 N–H and O–H groups in total. The zero-order valence-electron chi connectivity index (χ0n) is 20.5. The molecule has 0 aliphatic carbocycles. The Bertz CT molecular complexity index is 697. The van der Waals surface area contributed by atoms with Crippen LogP contribution in [0.4, 0.5) is 0 Å². The molecule has 0 spiro atoms. The molecule has 0 aromatic carbocycles. The minimum atomic E-state index is 0.160. The highest BCUT2D eigenvalue weighted by Crippen LogP contribution is 2.18. The van der Waals surface area contributed by atoms with E-state index < -0.39 is 0 Å². The number of pyridine rings is 1. The fourth-order valence-electron chi connectivity index (χ4n) is 4.57. The standard InChI is InChI=1S/C25H43N5O2/c1-5-26-25(29-23-7-11-30(12-8-23)17-22-9-13-31-18-22)28-16-21-6-10-27-24(15-21)32-20(4)14-19(2)3/h6,10,15,19-20,22-23H,5,7-9,11-14,16-18H2,1-4H3,(H2,26,28,29). The molecular formula is C25H43N5O2. The highest BCUT2D eigenvalue weighted by Gasteiger charge is 2.24. The van der Waals surface area contributed by atoms with Gasteiger partial charge in [-0.05, 0) is 63.0 Å². The van der Waals surface area contributed by atoms with Crippen LogP contribution in [0.2, 0.25) is 0 Å². The van der Waals surface area contributed by atoms with Crippen LogP contribution < -0.4 is 15.4 Å². The molecule has 0 saturated carbocycles. The van der Waals surface area contributed by atoms with E-state index in [9.17, 15) is 0 Å². The minimum Gasteiger partial charge on any atom is -0.475 e. The van der Waals surface area contributed by atoms with E-state index in [0.29, 0.717) is 24.4 Å². The molecule has 2 aliphatic rings. The van der Waals surface area contributed by atoms with Gasteiger partial charge in [0, 0.05) is 51.1 Å². The van der Waals surface area contributed by atoms with Crippen molar-refractivity contribution in [2.24, 2.45) is 16.8 Å². The summed E-state index contributed by atoms with van der Waals surface area (Å²) in [5, 5.41) is 7.05. The average molecular weight is 446 g/mol. The van der Waals surface area contributed by atoms with Crippen LogP contribution in [-0.2, 0) is 11.3 Å². The van der Waals surface area contributed by atoms with E-state index in [4.69, 9.17) is 14.5 Å². The summed E-state index contributed by atoms with van der Waals surface area (Å²) < 4.78 is 11.5. The number of nitrogens with zero attached hydrogens (tertiary/aromatic N) is 3. The van der Waals surface area contributed by atoms with Crippen molar-refractivity contribution in [3.05, 3.63) is 23.9 Å². The van der Waals surface area contributed by atoms with Gasteiger partial charge in [0.2, 0.25) is 5.88 Å². The van der Waals surface area contributed by atoms with Crippen molar-refractivity contribution in [3.63, 3.8) is 0 Å². The Balaban J connectivity index is 1.48. The van der Waals surface area contributed by atoms with Crippen LogP contribution in [0.5, 0.6) is 5.88 Å². The molecule has 2 saturated heterocycles. The van der Waals surface area contributed by atoms with Crippen molar-refractivity contribution >= 4 is 5.96 Å². The molecule has 3 heterocycles. The fraction of sp³-hybridized carbons (Fsp3) is 0.760. The monoisotopic (exact) mass is 445 g/mol. The Labute approximate surface area is 194 Å². The molecule has 1 aromatic rings. The summed E-state index contributed by atoms with van der Waals surface area (Å²) in [4.78, 5) is 11.8. The zero-order chi connectivity index (χ0) is 22.8. The van der Waals surface area contributed by atoms with E-state index in [1.165, 1.54) is 13.0 Å². The van der Waals surface area contributed by atoms with Gasteiger partial charge in [-0.1, -0.05) is 13.8 Å². The van der Waals surface area contributed by atoms with Gasteiger partial charge in [-0.25, -0.2) is 9.98 Å². The van der Waals surface area contributed by atoms with E-state index in [-0.39, 0.29) is 6.10 Å². The lowest BCUT2D eigenvalue weighted by atomic mass is 10.0. The third kappa shape index (κ3) is 8.58. The smallest absolute Gasteiger partial charge is 0.213 e. The second kappa shape index (κ2) is 13.0. The van der Waals surface area contributed by atoms with Crippen molar-refractivity contribution in [2.45, 2.75) is 72.1 Å². The molecule has 2 fully saturated rings. The maximum absolute atomic E-state index is 6.00. The van der Waals surface area contributed by atoms with Gasteiger partial charge in [0.1, 0.15) is 0 Å². The Morgan fingerprint density at radius 1 is 1.28 bits per heavy atom. The number of hydrogen-bond acceptors (Lipinski definition) is 5. The van der Waals surface area contributed by atoms with Gasteiger partial charge in [0.05, 0.1) is 19.3 Å². The highest BCUT2D eigenvalue weighted by atomic mass is 16.5. The fourth-order valence-corrected chi connectivity index (χ4v) is 4.57. The molecule has 7 nitrogen and oxygen atoms in total. The van der Waals surface area contributed by atoms with Gasteiger partial charge in [-0.2, -0.15) is 0 Å². The Kier molecular flexibility index (Phi) is 10.1. The molecule has 3 rings (SSSR count). The van der Waals surface area contributed by atoms with Crippen molar-refractivity contribution in [2.75, 3.05) is 39.4 Å². The summed E-state index contributed by atoms with van der Waals surface area (Å²) in [6.45, 7) is 15.4. The van der Waals surface area contributed by atoms with Crippen LogP contribution in [0, 0.1) is 11.8 Å². The molecule has 2 atom stereocenters. The number of piperidine rings is 1. The van der Waals surface area contributed by atoms with Gasteiger partial charge >= 0.3 is 0 Å². The summed E-state index contributed by atoms with van der Waals surface area (Å²) in [6, 6.07) is 4.49. The molecule has 7 heteroatoms. The maximum atomic E-state index is 6.00. The number of ether oxygens (including phenoxy) is 2. The first-order valence-corrected chi connectivity index (χ1v) is 12.5. The summed E-state index contributed by atoms with van der Waals surface area (Å²) >= 11 is 0. The number of rotatable bonds is 10. The lowest BCUT2D eigenvalue weighted by Gasteiger charge is -2.34. The van der Waals surface area contributed by atoms with E-state index in [1.54, 1.807) is 0 Å². The van der Waals surface area contributed by atoms with E-state index in [1.807, 2.05) is 18.3 Å². The number of guanidine groups is 1. The maximum Gasteiger partial charge on any atom is 0.213 e. The lowest BCUT2D eigenvalue weighted by Crippen LogP contribution is -2.49. The third-order valence-electron chi connectivity index (χ3n) is 6.16. The third-order valence-corrected chi connectivity index (χ3v) is 6.16. The number of aromatic nitrogens is 1. The molecule has 0 radical (unpaired) electrons. The van der Waals surface area contributed by atoms with Crippen molar-refractivity contribution in [1.29, 1.82) is 0 Å². The molecule has 0 bridgehead atoms. The highest BCUT2D eigenvalue weighted by molar-refractivity contribution is 5.80. The lowest BCUT2D eigenvalue weighted by molar-refractivity contribution is 0.150. The molecule has 2 aliphatic heterocycles. The Morgan fingerprint density at radius 2 is 2.09 bits per heavy atom. The summed E-state index contributed by atoms with van der Waals surface area (Å²) in [6.07, 6.45) is 6.51. The number of likely N-dealkylation sites (tertiary alicyclic amines) is 1. The molecule has 0 amide bonds. The van der Waals surface area contributed by atoms with Gasteiger partial charge in [-0.15, -0.1) is 0 Å². The summed E-state index contributed by atoms with van der Waals surface area (Å²) in [5.41, 5.74) is 1.11. The predicted octanol–water partition coefficient (Wildman–Crippen LogP) is 3.45. The second-order valence-electron chi connectivity index (χ2n) is 9.70. The largest absolute Gasteiger partial charge is 0.475 e. The minimum absolute atomic E-state index is 0.160. The molecule has 2 unspecified atom stereocenters. The van der Waals surface area contributed by atoms with Crippen LogP contribution in [0.25, 0.3) is 0 Å². The van der Waals surface area contributed by atoms with Gasteiger partial charge in [0.15, 0.2) is 5.96 Å². The molecular weight excluding hydrogens is 402 g/mol. The number of aliphatic imine (C=N–C) groups is 1. The zero-order valence-corrected chi connectivity index (χ0v) is 20.5. The van der Waals surface area contributed by atoms with Crippen molar-refractivity contribution < 1.29 is 9.47 Å². The SMILES string of the molecule is CCNC(=NCc1ccnc(OC(C)CC(C)C)c1)NC1CCN(CC2CCOC2)CC1. The Morgan fingerprint density at radius 3 is 2.78 bits per heavy atom. The topological polar surface area (TPSA) is 71.0 Å². The van der Waals surface area contributed by atoms with E-state index >= 15 is 0 Å². The molecule has 1 aromatic heterocycles. The van der Waals surface area contributed by atoms with Crippen molar-refractivity contribution in [1.82, 2.24) is 20.5 Å². The predicted molar refractivity (Wildman–Crippen MR) is 130 cm³/mol.